The average molecular weight is 455 g/mol. The first kappa shape index (κ1) is 21.3. The zero-order chi connectivity index (χ0) is 21.8. The molecule has 1 fully saturated rings. The average Bonchev–Trinajstić information content (AvgIpc) is 3.22. The van der Waals surface area contributed by atoms with Crippen LogP contribution in [0.25, 0.3) is 0 Å². The molecule has 3 aromatic rings. The summed E-state index contributed by atoms with van der Waals surface area (Å²) in [5.74, 6) is 0.722. The molecule has 4 rings (SSSR count). The number of piperazine rings is 1. The summed E-state index contributed by atoms with van der Waals surface area (Å²) < 4.78 is 0. The second-order valence-corrected chi connectivity index (χ2v) is 9.25. The van der Waals surface area contributed by atoms with Crippen molar-refractivity contribution in [1.29, 1.82) is 0 Å². The van der Waals surface area contributed by atoms with Crippen LogP contribution in [-0.4, -0.2) is 46.9 Å². The number of nitro benzene ring substituents is 1. The van der Waals surface area contributed by atoms with Crippen molar-refractivity contribution in [2.45, 2.75) is 17.6 Å². The van der Waals surface area contributed by atoms with Gasteiger partial charge in [0.2, 0.25) is 0 Å². The van der Waals surface area contributed by atoms with E-state index >= 15 is 0 Å². The smallest absolute Gasteiger partial charge is 0.292 e. The van der Waals surface area contributed by atoms with E-state index in [4.69, 9.17) is 0 Å². The maximum atomic E-state index is 13.2. The lowest BCUT2D eigenvalue weighted by Gasteiger charge is -2.36. The molecule has 0 radical (unpaired) electrons. The fraction of sp³-hybridized carbons (Fsp3) is 0.273. The van der Waals surface area contributed by atoms with Crippen molar-refractivity contribution < 1.29 is 9.72 Å². The lowest BCUT2D eigenvalue weighted by molar-refractivity contribution is -0.384. The Balaban J connectivity index is 1.43. The first-order valence-corrected chi connectivity index (χ1v) is 11.8. The number of carbonyl (C=O) groups is 1. The molecule has 7 nitrogen and oxygen atoms in total. The quantitative estimate of drug-likeness (QED) is 0.307. The molecule has 160 valence electrons. The number of benzene rings is 2. The SMILES string of the molecule is Cc1nc(CSc2ccccc2C(=O)N2CCN(c3ccccc3[N+](=O)[O-])CC2)cs1. The van der Waals surface area contributed by atoms with Crippen LogP contribution in [-0.2, 0) is 5.75 Å². The maximum absolute atomic E-state index is 13.2. The van der Waals surface area contributed by atoms with Crippen molar-refractivity contribution in [1.82, 2.24) is 9.88 Å². The molecule has 1 amide bonds. The molecular formula is C22H22N4O3S2. The molecule has 1 aliphatic heterocycles. The number of para-hydroxylation sites is 2. The molecule has 0 spiro atoms. The van der Waals surface area contributed by atoms with Crippen LogP contribution in [0, 0.1) is 17.0 Å². The predicted molar refractivity (Wildman–Crippen MR) is 124 cm³/mol. The number of carbonyl (C=O) groups excluding carboxylic acids is 1. The van der Waals surface area contributed by atoms with Crippen LogP contribution in [0.4, 0.5) is 11.4 Å². The Morgan fingerprint density at radius 1 is 1.13 bits per heavy atom. The molecule has 2 aromatic carbocycles. The van der Waals surface area contributed by atoms with E-state index in [2.05, 4.69) is 10.4 Å². The van der Waals surface area contributed by atoms with Gasteiger partial charge in [0, 0.05) is 48.3 Å². The summed E-state index contributed by atoms with van der Waals surface area (Å²) in [6.45, 7) is 4.15. The first-order valence-electron chi connectivity index (χ1n) is 9.93. The van der Waals surface area contributed by atoms with Crippen LogP contribution in [0.5, 0.6) is 0 Å². The lowest BCUT2D eigenvalue weighted by Crippen LogP contribution is -2.49. The number of nitro groups is 1. The highest BCUT2D eigenvalue weighted by molar-refractivity contribution is 7.98. The van der Waals surface area contributed by atoms with Gasteiger partial charge in [0.1, 0.15) is 5.69 Å². The van der Waals surface area contributed by atoms with E-state index in [1.54, 1.807) is 41.3 Å². The Morgan fingerprint density at radius 3 is 2.55 bits per heavy atom. The van der Waals surface area contributed by atoms with Crippen LogP contribution in [0.2, 0.25) is 0 Å². The fourth-order valence-corrected chi connectivity index (χ4v) is 5.26. The van der Waals surface area contributed by atoms with Crippen LogP contribution in [0.1, 0.15) is 21.1 Å². The zero-order valence-electron chi connectivity index (χ0n) is 17.1. The molecule has 0 unspecified atom stereocenters. The number of hydrogen-bond acceptors (Lipinski definition) is 7. The summed E-state index contributed by atoms with van der Waals surface area (Å²) in [5, 5.41) is 14.4. The topological polar surface area (TPSA) is 79.6 Å². The number of aromatic nitrogens is 1. The van der Waals surface area contributed by atoms with Crippen molar-refractivity contribution in [2.24, 2.45) is 0 Å². The van der Waals surface area contributed by atoms with E-state index in [1.165, 1.54) is 6.07 Å². The van der Waals surface area contributed by atoms with Gasteiger partial charge in [-0.25, -0.2) is 4.98 Å². The predicted octanol–water partition coefficient (Wildman–Crippen LogP) is 4.61. The van der Waals surface area contributed by atoms with E-state index < -0.39 is 0 Å². The highest BCUT2D eigenvalue weighted by atomic mass is 32.2. The van der Waals surface area contributed by atoms with Crippen molar-refractivity contribution >= 4 is 40.4 Å². The summed E-state index contributed by atoms with van der Waals surface area (Å²) in [6.07, 6.45) is 0. The first-order chi connectivity index (χ1) is 15.0. The van der Waals surface area contributed by atoms with Gasteiger partial charge in [-0.05, 0) is 25.1 Å². The second kappa shape index (κ2) is 9.49. The van der Waals surface area contributed by atoms with E-state index in [0.29, 0.717) is 37.4 Å². The number of aryl methyl sites for hydroxylation is 1. The molecule has 9 heteroatoms. The number of anilines is 1. The van der Waals surface area contributed by atoms with E-state index in [0.717, 1.165) is 21.3 Å². The summed E-state index contributed by atoms with van der Waals surface area (Å²) in [7, 11) is 0. The molecule has 31 heavy (non-hydrogen) atoms. The van der Waals surface area contributed by atoms with Gasteiger partial charge < -0.3 is 9.80 Å². The van der Waals surface area contributed by atoms with Crippen LogP contribution < -0.4 is 4.90 Å². The fourth-order valence-electron chi connectivity index (χ4n) is 3.60. The van der Waals surface area contributed by atoms with E-state index in [9.17, 15) is 14.9 Å². The Hall–Kier alpha value is -2.91. The summed E-state index contributed by atoms with van der Waals surface area (Å²) in [5.41, 5.74) is 2.42. The molecule has 1 saturated heterocycles. The monoisotopic (exact) mass is 454 g/mol. The van der Waals surface area contributed by atoms with Gasteiger partial charge in [0.25, 0.3) is 11.6 Å². The number of nitrogens with zero attached hydrogens (tertiary/aromatic N) is 4. The zero-order valence-corrected chi connectivity index (χ0v) is 18.7. The minimum Gasteiger partial charge on any atom is -0.362 e. The number of rotatable bonds is 6. The van der Waals surface area contributed by atoms with Gasteiger partial charge in [-0.3, -0.25) is 14.9 Å². The Bertz CT molecular complexity index is 1090. The lowest BCUT2D eigenvalue weighted by atomic mass is 10.1. The molecule has 0 aliphatic carbocycles. The third-order valence-electron chi connectivity index (χ3n) is 5.15. The van der Waals surface area contributed by atoms with Crippen molar-refractivity contribution in [3.05, 3.63) is 80.3 Å². The van der Waals surface area contributed by atoms with Gasteiger partial charge in [-0.15, -0.1) is 23.1 Å². The number of amides is 1. The molecule has 0 atom stereocenters. The number of thiazole rings is 1. The van der Waals surface area contributed by atoms with Gasteiger partial charge in [0.05, 0.1) is 21.2 Å². The summed E-state index contributed by atoms with van der Waals surface area (Å²) in [4.78, 5) is 33.5. The third kappa shape index (κ3) is 4.88. The normalized spacial score (nSPS) is 14.0. The molecule has 0 N–H and O–H groups in total. The molecule has 1 aliphatic rings. The van der Waals surface area contributed by atoms with Crippen LogP contribution in [0.15, 0.2) is 58.8 Å². The molecule has 2 heterocycles. The van der Waals surface area contributed by atoms with Gasteiger partial charge >= 0.3 is 0 Å². The van der Waals surface area contributed by atoms with E-state index in [-0.39, 0.29) is 16.5 Å². The van der Waals surface area contributed by atoms with Crippen molar-refractivity contribution in [2.75, 3.05) is 31.1 Å². The molecule has 0 bridgehead atoms. The van der Waals surface area contributed by atoms with Gasteiger partial charge in [0.15, 0.2) is 0 Å². The maximum Gasteiger partial charge on any atom is 0.292 e. The molecular weight excluding hydrogens is 432 g/mol. The summed E-state index contributed by atoms with van der Waals surface area (Å²) >= 11 is 3.25. The highest BCUT2D eigenvalue weighted by Crippen LogP contribution is 2.30. The van der Waals surface area contributed by atoms with Gasteiger partial charge in [-0.1, -0.05) is 24.3 Å². The molecule has 0 saturated carbocycles. The Labute approximate surface area is 188 Å². The minimum atomic E-state index is -0.357. The molecule has 1 aromatic heterocycles. The van der Waals surface area contributed by atoms with Crippen LogP contribution in [0.3, 0.4) is 0 Å². The minimum absolute atomic E-state index is 0.000213. The standard InChI is InChI=1S/C22H22N4O3S2/c1-16-23-17(14-30-16)15-31-21-9-5-2-6-18(21)22(27)25-12-10-24(11-13-25)19-7-3-4-8-20(19)26(28)29/h2-9,14H,10-13,15H2,1H3. The van der Waals surface area contributed by atoms with Crippen molar-refractivity contribution in [3.63, 3.8) is 0 Å². The Morgan fingerprint density at radius 2 is 1.84 bits per heavy atom. The van der Waals surface area contributed by atoms with Crippen LogP contribution >= 0.6 is 23.1 Å². The largest absolute Gasteiger partial charge is 0.362 e. The van der Waals surface area contributed by atoms with E-state index in [1.807, 2.05) is 41.0 Å². The highest BCUT2D eigenvalue weighted by Gasteiger charge is 2.27. The third-order valence-corrected chi connectivity index (χ3v) is 7.08. The number of thioether (sulfide) groups is 1. The second-order valence-electron chi connectivity index (χ2n) is 7.17. The van der Waals surface area contributed by atoms with Crippen molar-refractivity contribution in [3.8, 4) is 0 Å². The Kier molecular flexibility index (Phi) is 6.53. The number of hydrogen-bond donors (Lipinski definition) is 0. The summed E-state index contributed by atoms with van der Waals surface area (Å²) in [6, 6.07) is 14.4. The van der Waals surface area contributed by atoms with Gasteiger partial charge in [-0.2, -0.15) is 0 Å².